The molecule has 0 aromatic heterocycles. The molecule has 0 bridgehead atoms. The summed E-state index contributed by atoms with van der Waals surface area (Å²) in [4.78, 5) is 31.6. The predicted octanol–water partition coefficient (Wildman–Crippen LogP) is 6.55. The van der Waals surface area contributed by atoms with Crippen LogP contribution in [0, 0.1) is 20.2 Å². The molecule has 0 spiro atoms. The number of nitrogens with zero attached hydrogens (tertiary/aromatic N) is 6. The number of aliphatic hydroxyl groups excluding tert-OH is 1. The van der Waals surface area contributed by atoms with Crippen molar-refractivity contribution in [3.8, 4) is 17.2 Å². The molecule has 0 unspecified atom stereocenters. The minimum Gasteiger partial charge on any atom is -0.871 e. The molecule has 2 N–H and O–H groups in total. The summed E-state index contributed by atoms with van der Waals surface area (Å²) >= 11 is 0. The van der Waals surface area contributed by atoms with E-state index in [0.717, 1.165) is 36.4 Å². The maximum Gasteiger partial charge on any atom is 3.00 e. The van der Waals surface area contributed by atoms with Gasteiger partial charge in [-0.3, -0.25) is 25.0 Å². The van der Waals surface area contributed by atoms with E-state index < -0.39 is 65.2 Å². The first-order valence-corrected chi connectivity index (χ1v) is 17.1. The number of para-hydroxylation sites is 1. The SMILES string of the molecule is C/C(O)=C(/N=Nc1cc([N+](=O)[O-])ccc1[O-])C(=O)Nc1ccccc1.O=[N+]([O-])c1ccc2c(N=Nc3c([O-])ccc4ccccc34)c([O-])cc(S(=O)(=O)[O-])c2c1.[Cr+3]. The van der Waals surface area contributed by atoms with Crippen LogP contribution in [0.4, 0.5) is 34.1 Å². The number of benzene rings is 6. The zero-order chi connectivity index (χ0) is 40.7. The zero-order valence-corrected chi connectivity index (χ0v) is 30.9. The number of anilines is 1. The maximum atomic E-state index is 12.5. The van der Waals surface area contributed by atoms with Crippen LogP contribution in [-0.4, -0.2) is 33.8 Å². The van der Waals surface area contributed by atoms with Crippen LogP contribution < -0.4 is 20.6 Å². The predicted molar refractivity (Wildman–Crippen MR) is 193 cm³/mol. The second kappa shape index (κ2) is 17.9. The van der Waals surface area contributed by atoms with Crippen LogP contribution in [0.3, 0.4) is 0 Å². The first-order chi connectivity index (χ1) is 26.5. The van der Waals surface area contributed by atoms with Gasteiger partial charge in [0, 0.05) is 46.1 Å². The normalized spacial score (nSPS) is 11.8. The van der Waals surface area contributed by atoms with Crippen LogP contribution in [0.15, 0.2) is 146 Å². The number of nitro benzene ring substituents is 2. The van der Waals surface area contributed by atoms with Crippen molar-refractivity contribution in [1.29, 1.82) is 0 Å². The number of azo groups is 2. The molecule has 1 amide bonds. The minimum atomic E-state index is -5.11. The van der Waals surface area contributed by atoms with Gasteiger partial charge in [-0.1, -0.05) is 77.9 Å². The Hall–Kier alpha value is -7.31. The van der Waals surface area contributed by atoms with Crippen molar-refractivity contribution in [3.63, 3.8) is 0 Å². The number of carbonyl (C=O) groups excluding carboxylic acids is 1. The fourth-order valence-corrected chi connectivity index (χ4v) is 5.69. The number of allylic oxidation sites excluding steroid dienone is 1. The molecule has 19 nitrogen and oxygen atoms in total. The summed E-state index contributed by atoms with van der Waals surface area (Å²) in [7, 11) is -5.11. The number of hydrogen-bond donors (Lipinski definition) is 2. The average Bonchev–Trinajstić information content (AvgIpc) is 3.15. The molecule has 6 aromatic carbocycles. The Morgan fingerprint density at radius 1 is 0.684 bits per heavy atom. The fraction of sp³-hybridized carbons (Fsp3) is 0.0278. The number of carbonyl (C=O) groups is 1. The van der Waals surface area contributed by atoms with E-state index in [1.807, 2.05) is 0 Å². The number of non-ortho nitro benzene ring substituents is 2. The van der Waals surface area contributed by atoms with Gasteiger partial charge in [-0.25, -0.2) is 8.42 Å². The molecule has 6 aromatic rings. The summed E-state index contributed by atoms with van der Waals surface area (Å²) in [5, 5.41) is 86.1. The van der Waals surface area contributed by atoms with Crippen LogP contribution in [0.2, 0.25) is 0 Å². The molecule has 1 radical (unpaired) electrons. The fourth-order valence-electron chi connectivity index (χ4n) is 5.00. The molecular weight excluding hydrogens is 806 g/mol. The molecule has 21 heteroatoms. The van der Waals surface area contributed by atoms with Gasteiger partial charge in [0.2, 0.25) is 0 Å². The van der Waals surface area contributed by atoms with Crippen LogP contribution >= 0.6 is 0 Å². The molecule has 287 valence electrons. The second-order valence-corrected chi connectivity index (χ2v) is 12.7. The molecule has 57 heavy (non-hydrogen) atoms. The molecule has 0 aliphatic carbocycles. The van der Waals surface area contributed by atoms with Crippen molar-refractivity contribution < 1.29 is 65.4 Å². The Kier molecular flexibility index (Phi) is 13.3. The number of nitrogens with one attached hydrogen (secondary N) is 1. The molecule has 6 rings (SSSR count). The second-order valence-electron chi connectivity index (χ2n) is 11.4. The first-order valence-electron chi connectivity index (χ1n) is 15.7. The van der Waals surface area contributed by atoms with E-state index >= 15 is 0 Å². The Morgan fingerprint density at radius 3 is 1.89 bits per heavy atom. The molecule has 0 fully saturated rings. The number of nitro groups is 2. The zero-order valence-electron chi connectivity index (χ0n) is 28.8. The van der Waals surface area contributed by atoms with E-state index in [9.17, 15) is 58.4 Å². The van der Waals surface area contributed by atoms with Crippen molar-refractivity contribution >= 4 is 71.7 Å². The third-order valence-electron chi connectivity index (χ3n) is 7.61. The summed E-state index contributed by atoms with van der Waals surface area (Å²) in [5.41, 5.74) is -1.47. The van der Waals surface area contributed by atoms with Crippen LogP contribution in [0.5, 0.6) is 17.2 Å². The van der Waals surface area contributed by atoms with Crippen molar-refractivity contribution in [2.24, 2.45) is 20.5 Å². The van der Waals surface area contributed by atoms with E-state index in [1.54, 1.807) is 60.7 Å². The minimum absolute atomic E-state index is 0. The molecule has 0 heterocycles. The number of amides is 1. The van der Waals surface area contributed by atoms with E-state index in [2.05, 4.69) is 25.8 Å². The molecule has 0 aliphatic heterocycles. The average molecular weight is 830 g/mol. The van der Waals surface area contributed by atoms with Gasteiger partial charge in [0.15, 0.2) is 5.70 Å². The van der Waals surface area contributed by atoms with E-state index in [0.29, 0.717) is 22.5 Å². The van der Waals surface area contributed by atoms with Gasteiger partial charge in [-0.05, 0) is 36.6 Å². The Morgan fingerprint density at radius 2 is 1.26 bits per heavy atom. The molecule has 0 saturated carbocycles. The van der Waals surface area contributed by atoms with Gasteiger partial charge in [0.05, 0.1) is 31.8 Å². The summed E-state index contributed by atoms with van der Waals surface area (Å²) in [6.45, 7) is 1.23. The van der Waals surface area contributed by atoms with E-state index in [1.165, 1.54) is 13.0 Å². The summed E-state index contributed by atoms with van der Waals surface area (Å²) in [6.07, 6.45) is 0. The van der Waals surface area contributed by atoms with E-state index in [-0.39, 0.29) is 50.9 Å². The maximum absolute atomic E-state index is 12.5. The largest absolute Gasteiger partial charge is 3.00 e. The standard InChI is InChI=1S/C20H13N3O7S.C16H14N4O5.Cr/c24-16-8-5-11-3-1-2-4-13(11)19(16)21-22-20-14-7-6-12(23(26)27)9-15(14)18(10-17(20)25)31(28,29)30;1-10(21)15(16(23)17-11-5-3-2-4-6-11)19-18-13-9-12(20(24)25)7-8-14(13)22;/h1-10,24-25H,(H,28,29,30);2-9,21-22H,1H3,(H,17,23);/q;;+3/p-4/b;15-10-,19-18?;. The molecule has 0 saturated heterocycles. The van der Waals surface area contributed by atoms with Crippen molar-refractivity contribution in [2.75, 3.05) is 5.32 Å². The smallest absolute Gasteiger partial charge is 0.871 e. The summed E-state index contributed by atoms with van der Waals surface area (Å²) in [5.74, 6) is -3.16. The monoisotopic (exact) mass is 829 g/mol. The van der Waals surface area contributed by atoms with Gasteiger partial charge in [0.1, 0.15) is 15.9 Å². The molecular formula is C36H23CrN7O12S-. The van der Waals surface area contributed by atoms with Crippen LogP contribution in [0.25, 0.3) is 21.5 Å². The van der Waals surface area contributed by atoms with E-state index in [4.69, 9.17) is 0 Å². The van der Waals surface area contributed by atoms with Gasteiger partial charge in [-0.15, -0.1) is 5.11 Å². The third kappa shape index (κ3) is 10.1. The third-order valence-corrected chi connectivity index (χ3v) is 8.49. The van der Waals surface area contributed by atoms with Gasteiger partial charge in [0.25, 0.3) is 17.3 Å². The molecule has 0 aliphatic rings. The Balaban J connectivity index is 0.000000254. The topological polar surface area (TPSA) is 311 Å². The quantitative estimate of drug-likeness (QED) is 0.0391. The molecule has 0 atom stereocenters. The number of rotatable bonds is 9. The van der Waals surface area contributed by atoms with Crippen molar-refractivity contribution in [3.05, 3.63) is 141 Å². The van der Waals surface area contributed by atoms with Gasteiger partial charge in [-0.2, -0.15) is 15.3 Å². The number of fused-ring (bicyclic) bond motifs is 2. The Bertz CT molecular complexity index is 2740. The van der Waals surface area contributed by atoms with Crippen LogP contribution in [-0.2, 0) is 32.3 Å². The number of hydrogen-bond acceptors (Lipinski definition) is 16. The first kappa shape index (κ1) is 42.4. The van der Waals surface area contributed by atoms with Crippen molar-refractivity contribution in [2.45, 2.75) is 11.8 Å². The van der Waals surface area contributed by atoms with Gasteiger partial charge < -0.3 is 30.3 Å². The Labute approximate surface area is 331 Å². The van der Waals surface area contributed by atoms with Crippen LogP contribution in [0.1, 0.15) is 6.92 Å². The number of aliphatic hydroxyl groups is 1. The summed E-state index contributed by atoms with van der Waals surface area (Å²) in [6, 6.07) is 24.7. The van der Waals surface area contributed by atoms with Crippen molar-refractivity contribution in [1.82, 2.24) is 0 Å². The summed E-state index contributed by atoms with van der Waals surface area (Å²) < 4.78 is 34.8. The van der Waals surface area contributed by atoms with Gasteiger partial charge >= 0.3 is 17.4 Å².